The third-order valence-electron chi connectivity index (χ3n) is 3.29. The van der Waals surface area contributed by atoms with Crippen molar-refractivity contribution in [2.75, 3.05) is 11.9 Å². The molecule has 0 atom stereocenters. The van der Waals surface area contributed by atoms with Crippen LogP contribution < -0.4 is 10.6 Å². The van der Waals surface area contributed by atoms with Crippen LogP contribution in [0.1, 0.15) is 29.3 Å². The van der Waals surface area contributed by atoms with Crippen LogP contribution >= 0.6 is 0 Å². The first kappa shape index (κ1) is 16.7. The Morgan fingerprint density at radius 3 is 2.48 bits per heavy atom. The highest BCUT2D eigenvalue weighted by atomic mass is 19.1. The lowest BCUT2D eigenvalue weighted by molar-refractivity contribution is -0.115. The molecule has 23 heavy (non-hydrogen) atoms. The van der Waals surface area contributed by atoms with Gasteiger partial charge in [-0.2, -0.15) is 0 Å². The Bertz CT molecular complexity index is 701. The standard InChI is InChI=1S/C18H19FN2O2/c1-2-11-20-18(23)14-8-4-6-10-16(14)21-17(22)12-13-7-3-5-9-15(13)19/h3-10H,2,11-12H2,1H3,(H,20,23)(H,21,22). The van der Waals surface area contributed by atoms with Gasteiger partial charge in [-0.15, -0.1) is 0 Å². The summed E-state index contributed by atoms with van der Waals surface area (Å²) in [7, 11) is 0. The molecule has 0 aromatic heterocycles. The lowest BCUT2D eigenvalue weighted by Crippen LogP contribution is -2.26. The van der Waals surface area contributed by atoms with E-state index in [1.165, 1.54) is 6.07 Å². The predicted octanol–water partition coefficient (Wildman–Crippen LogP) is 3.15. The predicted molar refractivity (Wildman–Crippen MR) is 87.8 cm³/mol. The molecular formula is C18H19FN2O2. The zero-order valence-electron chi connectivity index (χ0n) is 12.9. The van der Waals surface area contributed by atoms with Crippen molar-refractivity contribution in [1.82, 2.24) is 5.32 Å². The SMILES string of the molecule is CCCNC(=O)c1ccccc1NC(=O)Cc1ccccc1F. The molecule has 4 nitrogen and oxygen atoms in total. The van der Waals surface area contributed by atoms with E-state index in [0.717, 1.165) is 6.42 Å². The molecule has 0 saturated heterocycles. The van der Waals surface area contributed by atoms with Crippen molar-refractivity contribution in [2.24, 2.45) is 0 Å². The van der Waals surface area contributed by atoms with Gasteiger partial charge in [0.05, 0.1) is 17.7 Å². The first-order chi connectivity index (χ1) is 11.1. The summed E-state index contributed by atoms with van der Waals surface area (Å²) in [6.45, 7) is 2.53. The van der Waals surface area contributed by atoms with E-state index in [0.29, 0.717) is 23.4 Å². The molecule has 0 aliphatic rings. The molecule has 0 saturated carbocycles. The van der Waals surface area contributed by atoms with E-state index < -0.39 is 5.82 Å². The second-order valence-electron chi connectivity index (χ2n) is 5.12. The third-order valence-corrected chi connectivity index (χ3v) is 3.29. The number of para-hydroxylation sites is 1. The maximum atomic E-state index is 13.6. The smallest absolute Gasteiger partial charge is 0.253 e. The highest BCUT2D eigenvalue weighted by molar-refractivity contribution is 6.04. The number of anilines is 1. The summed E-state index contributed by atoms with van der Waals surface area (Å²) in [6.07, 6.45) is 0.741. The van der Waals surface area contributed by atoms with Crippen molar-refractivity contribution in [2.45, 2.75) is 19.8 Å². The van der Waals surface area contributed by atoms with Gasteiger partial charge in [0.25, 0.3) is 5.91 Å². The monoisotopic (exact) mass is 314 g/mol. The zero-order chi connectivity index (χ0) is 16.7. The van der Waals surface area contributed by atoms with E-state index in [1.807, 2.05) is 6.92 Å². The molecule has 2 aromatic carbocycles. The molecule has 0 unspecified atom stereocenters. The molecule has 0 aliphatic heterocycles. The van der Waals surface area contributed by atoms with Crippen LogP contribution in [0.5, 0.6) is 0 Å². The highest BCUT2D eigenvalue weighted by Crippen LogP contribution is 2.16. The molecule has 0 bridgehead atoms. The molecule has 2 aromatic rings. The fraction of sp³-hybridized carbons (Fsp3) is 0.222. The van der Waals surface area contributed by atoms with E-state index in [-0.39, 0.29) is 18.2 Å². The minimum absolute atomic E-state index is 0.0857. The Morgan fingerprint density at radius 1 is 1.04 bits per heavy atom. The molecule has 0 radical (unpaired) electrons. The first-order valence-electron chi connectivity index (χ1n) is 7.52. The Labute approximate surface area is 134 Å². The Balaban J connectivity index is 2.09. The van der Waals surface area contributed by atoms with Crippen molar-refractivity contribution in [3.8, 4) is 0 Å². The van der Waals surface area contributed by atoms with Crippen molar-refractivity contribution in [3.05, 3.63) is 65.5 Å². The van der Waals surface area contributed by atoms with Crippen LogP contribution in [-0.2, 0) is 11.2 Å². The van der Waals surface area contributed by atoms with Gasteiger partial charge >= 0.3 is 0 Å². The van der Waals surface area contributed by atoms with Crippen molar-refractivity contribution >= 4 is 17.5 Å². The van der Waals surface area contributed by atoms with Crippen LogP contribution in [0.2, 0.25) is 0 Å². The van der Waals surface area contributed by atoms with Gasteiger partial charge in [-0.25, -0.2) is 4.39 Å². The number of rotatable bonds is 6. The molecule has 2 rings (SSSR count). The van der Waals surface area contributed by atoms with Crippen molar-refractivity contribution in [3.63, 3.8) is 0 Å². The molecule has 2 N–H and O–H groups in total. The van der Waals surface area contributed by atoms with Crippen molar-refractivity contribution < 1.29 is 14.0 Å². The van der Waals surface area contributed by atoms with E-state index in [1.54, 1.807) is 42.5 Å². The average molecular weight is 314 g/mol. The molecule has 2 amide bonds. The normalized spacial score (nSPS) is 10.2. The number of carbonyl (C=O) groups is 2. The summed E-state index contributed by atoms with van der Waals surface area (Å²) < 4.78 is 13.6. The molecule has 0 fully saturated rings. The molecular weight excluding hydrogens is 295 g/mol. The van der Waals surface area contributed by atoms with Crippen LogP contribution in [-0.4, -0.2) is 18.4 Å². The van der Waals surface area contributed by atoms with Crippen LogP contribution in [0.25, 0.3) is 0 Å². The summed E-state index contributed by atoms with van der Waals surface area (Å²) in [5.74, 6) is -1.03. The van der Waals surface area contributed by atoms with Gasteiger partial charge in [-0.1, -0.05) is 37.3 Å². The Kier molecular flexibility index (Phi) is 5.86. The molecule has 0 heterocycles. The topological polar surface area (TPSA) is 58.2 Å². The first-order valence-corrected chi connectivity index (χ1v) is 7.52. The number of amides is 2. The van der Waals surface area contributed by atoms with Crippen molar-refractivity contribution in [1.29, 1.82) is 0 Å². The number of nitrogens with one attached hydrogen (secondary N) is 2. The zero-order valence-corrected chi connectivity index (χ0v) is 12.9. The van der Waals surface area contributed by atoms with Crippen LogP contribution in [0, 0.1) is 5.82 Å². The molecule has 120 valence electrons. The second kappa shape index (κ2) is 8.08. The lowest BCUT2D eigenvalue weighted by Gasteiger charge is -2.11. The maximum Gasteiger partial charge on any atom is 0.253 e. The summed E-state index contributed by atoms with van der Waals surface area (Å²) in [5, 5.41) is 5.45. The van der Waals surface area contributed by atoms with Gasteiger partial charge in [-0.05, 0) is 30.2 Å². The van der Waals surface area contributed by atoms with E-state index in [2.05, 4.69) is 10.6 Å². The fourth-order valence-corrected chi connectivity index (χ4v) is 2.13. The summed E-state index contributed by atoms with van der Waals surface area (Å²) in [6, 6.07) is 12.9. The van der Waals surface area contributed by atoms with Gasteiger partial charge in [0.1, 0.15) is 5.82 Å². The summed E-state index contributed by atoms with van der Waals surface area (Å²) >= 11 is 0. The Hall–Kier alpha value is -2.69. The number of carbonyl (C=O) groups excluding carboxylic acids is 2. The minimum atomic E-state index is -0.420. The number of benzene rings is 2. The van der Waals surface area contributed by atoms with Crippen LogP contribution in [0.15, 0.2) is 48.5 Å². The minimum Gasteiger partial charge on any atom is -0.352 e. The third kappa shape index (κ3) is 4.64. The largest absolute Gasteiger partial charge is 0.352 e. The fourth-order valence-electron chi connectivity index (χ4n) is 2.13. The molecule has 0 aliphatic carbocycles. The molecule has 5 heteroatoms. The quantitative estimate of drug-likeness (QED) is 0.860. The van der Waals surface area contributed by atoms with Crippen LogP contribution in [0.4, 0.5) is 10.1 Å². The van der Waals surface area contributed by atoms with Gasteiger partial charge in [0.2, 0.25) is 5.91 Å². The van der Waals surface area contributed by atoms with E-state index in [9.17, 15) is 14.0 Å². The summed E-state index contributed by atoms with van der Waals surface area (Å²) in [5.41, 5.74) is 1.13. The average Bonchev–Trinajstić information content (AvgIpc) is 2.55. The number of hydrogen-bond donors (Lipinski definition) is 2. The molecule has 0 spiro atoms. The van der Waals surface area contributed by atoms with E-state index in [4.69, 9.17) is 0 Å². The second-order valence-corrected chi connectivity index (χ2v) is 5.12. The van der Waals surface area contributed by atoms with Crippen LogP contribution in [0.3, 0.4) is 0 Å². The summed E-state index contributed by atoms with van der Waals surface area (Å²) in [4.78, 5) is 24.2. The highest BCUT2D eigenvalue weighted by Gasteiger charge is 2.13. The number of halogens is 1. The van der Waals surface area contributed by atoms with E-state index >= 15 is 0 Å². The van der Waals surface area contributed by atoms with Gasteiger partial charge < -0.3 is 10.6 Å². The van der Waals surface area contributed by atoms with Gasteiger partial charge in [0, 0.05) is 6.54 Å². The Morgan fingerprint density at radius 2 is 1.74 bits per heavy atom. The lowest BCUT2D eigenvalue weighted by atomic mass is 10.1. The maximum absolute atomic E-state index is 13.6. The number of hydrogen-bond acceptors (Lipinski definition) is 2. The van der Waals surface area contributed by atoms with Gasteiger partial charge in [-0.3, -0.25) is 9.59 Å². The van der Waals surface area contributed by atoms with Gasteiger partial charge in [0.15, 0.2) is 0 Å².